The van der Waals surface area contributed by atoms with Crippen LogP contribution >= 0.6 is 0 Å². The second-order valence-corrected chi connectivity index (χ2v) is 6.78. The third kappa shape index (κ3) is 3.85. The summed E-state index contributed by atoms with van der Waals surface area (Å²) in [5.41, 5.74) is 2.67. The SMILES string of the molecule is C[C@@H](CNC(O)NC1CCC(C)(C)c2ccccc21)C(=O)O. The second kappa shape index (κ2) is 6.77. The van der Waals surface area contributed by atoms with Crippen molar-refractivity contribution in [1.82, 2.24) is 10.6 Å². The molecule has 1 aliphatic carbocycles. The maximum atomic E-state index is 10.8. The van der Waals surface area contributed by atoms with Crippen LogP contribution in [0.5, 0.6) is 0 Å². The zero-order valence-corrected chi connectivity index (χ0v) is 13.5. The molecule has 3 atom stereocenters. The number of aliphatic hydroxyl groups excluding tert-OH is 1. The van der Waals surface area contributed by atoms with E-state index in [0.29, 0.717) is 0 Å². The molecule has 4 N–H and O–H groups in total. The first-order chi connectivity index (χ1) is 10.3. The number of fused-ring (bicyclic) bond motifs is 1. The minimum Gasteiger partial charge on any atom is -0.481 e. The van der Waals surface area contributed by atoms with Crippen LogP contribution < -0.4 is 10.6 Å². The minimum absolute atomic E-state index is 0.0758. The Bertz CT molecular complexity index is 530. The molecule has 0 aromatic heterocycles. The highest BCUT2D eigenvalue weighted by molar-refractivity contribution is 5.69. The number of carboxylic acid groups (broad SMARTS) is 1. The molecule has 1 aromatic carbocycles. The van der Waals surface area contributed by atoms with Gasteiger partial charge in [-0.25, -0.2) is 0 Å². The number of aliphatic hydroxyl groups is 1. The lowest BCUT2D eigenvalue weighted by Crippen LogP contribution is -2.47. The van der Waals surface area contributed by atoms with Crippen LogP contribution in [0.15, 0.2) is 24.3 Å². The standard InChI is InChI=1S/C17H26N2O3/c1-11(15(20)21)10-18-16(22)19-14-8-9-17(2,3)13-7-5-4-6-12(13)14/h4-7,11,14,16,18-19,22H,8-10H2,1-3H3,(H,20,21)/t11-,14?,16?/m0/s1. The highest BCUT2D eigenvalue weighted by Crippen LogP contribution is 2.41. The largest absolute Gasteiger partial charge is 0.481 e. The first kappa shape index (κ1) is 16.9. The molecule has 0 saturated heterocycles. The van der Waals surface area contributed by atoms with Gasteiger partial charge in [-0.05, 0) is 29.4 Å². The van der Waals surface area contributed by atoms with Crippen LogP contribution in [0, 0.1) is 5.92 Å². The molecule has 0 amide bonds. The number of rotatable bonds is 6. The molecular weight excluding hydrogens is 280 g/mol. The molecule has 0 spiro atoms. The molecule has 2 rings (SSSR count). The summed E-state index contributed by atoms with van der Waals surface area (Å²) in [5, 5.41) is 24.9. The predicted octanol–water partition coefficient (Wildman–Crippen LogP) is 1.97. The Balaban J connectivity index is 2.00. The van der Waals surface area contributed by atoms with Crippen molar-refractivity contribution in [2.45, 2.75) is 51.4 Å². The molecule has 5 nitrogen and oxygen atoms in total. The van der Waals surface area contributed by atoms with Crippen LogP contribution in [0.25, 0.3) is 0 Å². The van der Waals surface area contributed by atoms with E-state index in [0.717, 1.165) is 12.8 Å². The number of hydrogen-bond donors (Lipinski definition) is 4. The van der Waals surface area contributed by atoms with Gasteiger partial charge in [0.25, 0.3) is 0 Å². The Hall–Kier alpha value is -1.43. The Morgan fingerprint density at radius 2 is 2.09 bits per heavy atom. The van der Waals surface area contributed by atoms with Crippen molar-refractivity contribution in [3.63, 3.8) is 0 Å². The van der Waals surface area contributed by atoms with Gasteiger partial charge in [0.15, 0.2) is 6.35 Å². The lowest BCUT2D eigenvalue weighted by atomic mass is 9.71. The number of carboxylic acids is 1. The van der Waals surface area contributed by atoms with Gasteiger partial charge in [-0.2, -0.15) is 0 Å². The van der Waals surface area contributed by atoms with E-state index in [1.54, 1.807) is 6.92 Å². The first-order valence-electron chi connectivity index (χ1n) is 7.81. The summed E-state index contributed by atoms with van der Waals surface area (Å²) >= 11 is 0. The van der Waals surface area contributed by atoms with Crippen molar-refractivity contribution in [2.24, 2.45) is 5.92 Å². The van der Waals surface area contributed by atoms with Crippen LogP contribution in [-0.2, 0) is 10.2 Å². The molecule has 0 heterocycles. The van der Waals surface area contributed by atoms with Crippen LogP contribution in [0.4, 0.5) is 0 Å². The fourth-order valence-corrected chi connectivity index (χ4v) is 3.01. The average molecular weight is 306 g/mol. The lowest BCUT2D eigenvalue weighted by Gasteiger charge is -2.38. The van der Waals surface area contributed by atoms with E-state index in [2.05, 4.69) is 36.6 Å². The number of hydrogen-bond acceptors (Lipinski definition) is 4. The third-order valence-electron chi connectivity index (χ3n) is 4.52. The van der Waals surface area contributed by atoms with Gasteiger partial charge in [0.2, 0.25) is 0 Å². The number of aliphatic carboxylic acids is 1. The number of carbonyl (C=O) groups is 1. The summed E-state index contributed by atoms with van der Waals surface area (Å²) in [6.07, 6.45) is 1.07. The predicted molar refractivity (Wildman–Crippen MR) is 85.4 cm³/mol. The highest BCUT2D eigenvalue weighted by Gasteiger charge is 2.32. The lowest BCUT2D eigenvalue weighted by molar-refractivity contribution is -0.141. The van der Waals surface area contributed by atoms with Crippen molar-refractivity contribution >= 4 is 5.97 Å². The van der Waals surface area contributed by atoms with Gasteiger partial charge in [0.1, 0.15) is 0 Å². The van der Waals surface area contributed by atoms with E-state index < -0.39 is 18.2 Å². The van der Waals surface area contributed by atoms with Crippen molar-refractivity contribution in [2.75, 3.05) is 6.54 Å². The summed E-state index contributed by atoms with van der Waals surface area (Å²) in [6.45, 7) is 6.32. The number of benzene rings is 1. The molecule has 1 aliphatic rings. The summed E-state index contributed by atoms with van der Waals surface area (Å²) in [7, 11) is 0. The Labute approximate surface area is 131 Å². The van der Waals surface area contributed by atoms with Gasteiger partial charge in [0, 0.05) is 12.6 Å². The molecule has 22 heavy (non-hydrogen) atoms. The van der Waals surface area contributed by atoms with Crippen LogP contribution in [-0.4, -0.2) is 29.1 Å². The van der Waals surface area contributed by atoms with E-state index in [4.69, 9.17) is 5.11 Å². The van der Waals surface area contributed by atoms with Crippen LogP contribution in [0.2, 0.25) is 0 Å². The van der Waals surface area contributed by atoms with E-state index in [1.165, 1.54) is 11.1 Å². The zero-order valence-electron chi connectivity index (χ0n) is 13.5. The van der Waals surface area contributed by atoms with E-state index in [1.807, 2.05) is 12.1 Å². The summed E-state index contributed by atoms with van der Waals surface area (Å²) < 4.78 is 0. The summed E-state index contributed by atoms with van der Waals surface area (Å²) in [6, 6.07) is 8.38. The van der Waals surface area contributed by atoms with Crippen molar-refractivity contribution in [1.29, 1.82) is 0 Å². The fourth-order valence-electron chi connectivity index (χ4n) is 3.01. The molecule has 0 aliphatic heterocycles. The Morgan fingerprint density at radius 1 is 1.41 bits per heavy atom. The first-order valence-corrected chi connectivity index (χ1v) is 7.81. The summed E-state index contributed by atoms with van der Waals surface area (Å²) in [5.74, 6) is -1.40. The highest BCUT2D eigenvalue weighted by atomic mass is 16.4. The van der Waals surface area contributed by atoms with E-state index in [9.17, 15) is 9.90 Å². The quantitative estimate of drug-likeness (QED) is 0.604. The molecule has 0 fully saturated rings. The van der Waals surface area contributed by atoms with Gasteiger partial charge in [-0.3, -0.25) is 15.4 Å². The van der Waals surface area contributed by atoms with Gasteiger partial charge in [-0.15, -0.1) is 0 Å². The maximum Gasteiger partial charge on any atom is 0.307 e. The van der Waals surface area contributed by atoms with Gasteiger partial charge >= 0.3 is 5.97 Å². The molecule has 0 saturated carbocycles. The van der Waals surface area contributed by atoms with Crippen molar-refractivity contribution < 1.29 is 15.0 Å². The fraction of sp³-hybridized carbons (Fsp3) is 0.588. The third-order valence-corrected chi connectivity index (χ3v) is 4.52. The topological polar surface area (TPSA) is 81.6 Å². The maximum absolute atomic E-state index is 10.8. The smallest absolute Gasteiger partial charge is 0.307 e. The second-order valence-electron chi connectivity index (χ2n) is 6.78. The van der Waals surface area contributed by atoms with Gasteiger partial charge < -0.3 is 10.2 Å². The molecule has 2 unspecified atom stereocenters. The molecule has 0 radical (unpaired) electrons. The minimum atomic E-state index is -0.916. The van der Waals surface area contributed by atoms with E-state index in [-0.39, 0.29) is 18.0 Å². The van der Waals surface area contributed by atoms with Gasteiger partial charge in [-0.1, -0.05) is 45.0 Å². The van der Waals surface area contributed by atoms with Gasteiger partial charge in [0.05, 0.1) is 5.92 Å². The Morgan fingerprint density at radius 3 is 2.77 bits per heavy atom. The molecule has 5 heteroatoms. The normalized spacial score (nSPS) is 22.6. The molecule has 1 aromatic rings. The molecule has 0 bridgehead atoms. The number of nitrogens with one attached hydrogen (secondary N) is 2. The average Bonchev–Trinajstić information content (AvgIpc) is 2.48. The van der Waals surface area contributed by atoms with Crippen molar-refractivity contribution in [3.8, 4) is 0 Å². The molecular formula is C17H26N2O3. The van der Waals surface area contributed by atoms with Crippen LogP contribution in [0.1, 0.15) is 50.8 Å². The molecule has 122 valence electrons. The monoisotopic (exact) mass is 306 g/mol. The Kier molecular flexibility index (Phi) is 5.21. The van der Waals surface area contributed by atoms with E-state index >= 15 is 0 Å². The van der Waals surface area contributed by atoms with Crippen molar-refractivity contribution in [3.05, 3.63) is 35.4 Å². The zero-order chi connectivity index (χ0) is 16.3. The van der Waals surface area contributed by atoms with Crippen LogP contribution in [0.3, 0.4) is 0 Å². The summed E-state index contributed by atoms with van der Waals surface area (Å²) in [4.78, 5) is 10.8.